The number of methoxy groups -OCH3 is 2. The molecule has 0 saturated carbocycles. The molecule has 108 valence electrons. The number of esters is 2. The van der Waals surface area contributed by atoms with E-state index < -0.39 is 17.9 Å². The van der Waals surface area contributed by atoms with Gasteiger partial charge in [-0.2, -0.15) is 0 Å². The van der Waals surface area contributed by atoms with E-state index in [4.69, 9.17) is 0 Å². The molecule has 1 rings (SSSR count). The molecule has 1 aliphatic heterocycles. The molecule has 1 heterocycles. The van der Waals surface area contributed by atoms with Crippen LogP contribution < -0.4 is 0 Å². The van der Waals surface area contributed by atoms with E-state index in [1.54, 1.807) is 11.2 Å². The van der Waals surface area contributed by atoms with Crippen LogP contribution in [0.3, 0.4) is 0 Å². The predicted octanol–water partition coefficient (Wildman–Crippen LogP) is 1.29. The van der Waals surface area contributed by atoms with E-state index in [2.05, 4.69) is 9.47 Å². The number of likely N-dealkylation sites (tertiary alicyclic amines) is 1. The largest absolute Gasteiger partial charge is 0.468 e. The minimum Gasteiger partial charge on any atom is -0.468 e. The van der Waals surface area contributed by atoms with Gasteiger partial charge in [-0.3, -0.25) is 14.4 Å². The van der Waals surface area contributed by atoms with Crippen LogP contribution in [0.5, 0.6) is 0 Å². The van der Waals surface area contributed by atoms with Gasteiger partial charge in [-0.25, -0.2) is 0 Å². The van der Waals surface area contributed by atoms with Gasteiger partial charge in [0.05, 0.1) is 14.2 Å². The standard InChI is InChI=1S/C12H19NO5S/c1-17-10(14)9(11(15)18-2)7-8-5-4-6-13(8)12(16)19-3/h8-9H,4-7H2,1-3H3. The van der Waals surface area contributed by atoms with Crippen LogP contribution in [0, 0.1) is 5.92 Å². The third kappa shape index (κ3) is 3.86. The Bertz CT molecular complexity index is 344. The van der Waals surface area contributed by atoms with Crippen molar-refractivity contribution in [1.82, 2.24) is 4.90 Å². The Morgan fingerprint density at radius 3 is 2.32 bits per heavy atom. The van der Waals surface area contributed by atoms with E-state index in [0.29, 0.717) is 6.54 Å². The summed E-state index contributed by atoms with van der Waals surface area (Å²) in [6, 6.07) is -0.108. The minimum atomic E-state index is -0.963. The van der Waals surface area contributed by atoms with E-state index in [0.717, 1.165) is 24.6 Å². The summed E-state index contributed by atoms with van der Waals surface area (Å²) in [5, 5.41) is -0.0315. The first-order valence-corrected chi connectivity index (χ1v) is 7.27. The van der Waals surface area contributed by atoms with Crippen LogP contribution >= 0.6 is 11.8 Å². The topological polar surface area (TPSA) is 72.9 Å². The van der Waals surface area contributed by atoms with Crippen molar-refractivity contribution in [2.24, 2.45) is 5.92 Å². The molecule has 0 aliphatic carbocycles. The highest BCUT2D eigenvalue weighted by Gasteiger charge is 2.37. The lowest BCUT2D eigenvalue weighted by Crippen LogP contribution is -2.38. The van der Waals surface area contributed by atoms with Crippen molar-refractivity contribution in [1.29, 1.82) is 0 Å². The van der Waals surface area contributed by atoms with Gasteiger partial charge in [0, 0.05) is 12.6 Å². The molecule has 7 heteroatoms. The maximum Gasteiger partial charge on any atom is 0.320 e. The Morgan fingerprint density at radius 2 is 1.84 bits per heavy atom. The zero-order valence-corrected chi connectivity index (χ0v) is 12.2. The van der Waals surface area contributed by atoms with Crippen LogP contribution in [0.1, 0.15) is 19.3 Å². The van der Waals surface area contributed by atoms with Crippen molar-refractivity contribution >= 4 is 28.9 Å². The predicted molar refractivity (Wildman–Crippen MR) is 70.8 cm³/mol. The van der Waals surface area contributed by atoms with E-state index in [1.165, 1.54) is 14.2 Å². The number of rotatable bonds is 4. The quantitative estimate of drug-likeness (QED) is 0.573. The Labute approximate surface area is 116 Å². The molecular formula is C12H19NO5S. The van der Waals surface area contributed by atoms with Crippen LogP contribution in [0.2, 0.25) is 0 Å². The van der Waals surface area contributed by atoms with Gasteiger partial charge in [0.15, 0.2) is 5.92 Å². The fourth-order valence-electron chi connectivity index (χ4n) is 2.28. The highest BCUT2D eigenvalue weighted by molar-refractivity contribution is 8.12. The smallest absolute Gasteiger partial charge is 0.320 e. The van der Waals surface area contributed by atoms with E-state index in [-0.39, 0.29) is 17.7 Å². The number of ether oxygens (including phenoxy) is 2. The molecule has 19 heavy (non-hydrogen) atoms. The summed E-state index contributed by atoms with van der Waals surface area (Å²) in [6.45, 7) is 0.666. The fourth-order valence-corrected chi connectivity index (χ4v) is 2.76. The molecule has 1 amide bonds. The third-order valence-corrected chi connectivity index (χ3v) is 3.85. The second-order valence-electron chi connectivity index (χ2n) is 4.29. The summed E-state index contributed by atoms with van der Waals surface area (Å²) in [6.07, 6.45) is 3.64. The van der Waals surface area contributed by atoms with Crippen molar-refractivity contribution in [3.8, 4) is 0 Å². The van der Waals surface area contributed by atoms with E-state index >= 15 is 0 Å². The number of hydrogen-bond acceptors (Lipinski definition) is 6. The Kier molecular flexibility index (Phi) is 6.14. The average Bonchev–Trinajstić information content (AvgIpc) is 2.90. The van der Waals surface area contributed by atoms with Crippen molar-refractivity contribution in [2.75, 3.05) is 27.0 Å². The van der Waals surface area contributed by atoms with Crippen LogP contribution in [-0.2, 0) is 19.1 Å². The SMILES string of the molecule is COC(=O)C(CC1CCCN1C(=O)SC)C(=O)OC. The zero-order valence-electron chi connectivity index (χ0n) is 11.4. The van der Waals surface area contributed by atoms with Gasteiger partial charge in [0.2, 0.25) is 0 Å². The molecule has 1 fully saturated rings. The second-order valence-corrected chi connectivity index (χ2v) is 5.05. The molecule has 0 aromatic rings. The average molecular weight is 289 g/mol. The molecule has 0 N–H and O–H groups in total. The molecule has 0 spiro atoms. The number of thioether (sulfide) groups is 1. The number of carbonyl (C=O) groups is 3. The van der Waals surface area contributed by atoms with Crippen molar-refractivity contribution in [3.05, 3.63) is 0 Å². The van der Waals surface area contributed by atoms with Gasteiger partial charge in [0.1, 0.15) is 0 Å². The molecule has 0 aromatic carbocycles. The maximum absolute atomic E-state index is 11.7. The van der Waals surface area contributed by atoms with Gasteiger partial charge in [-0.15, -0.1) is 0 Å². The van der Waals surface area contributed by atoms with Crippen molar-refractivity contribution in [2.45, 2.75) is 25.3 Å². The molecule has 1 unspecified atom stereocenters. The van der Waals surface area contributed by atoms with E-state index in [9.17, 15) is 14.4 Å². The molecule has 1 saturated heterocycles. The summed E-state index contributed by atoms with van der Waals surface area (Å²) >= 11 is 1.14. The number of carbonyl (C=O) groups excluding carboxylic acids is 3. The van der Waals surface area contributed by atoms with Gasteiger partial charge in [-0.1, -0.05) is 11.8 Å². The van der Waals surface area contributed by atoms with Crippen LogP contribution in [0.25, 0.3) is 0 Å². The van der Waals surface area contributed by atoms with Gasteiger partial charge < -0.3 is 14.4 Å². The Balaban J connectivity index is 2.75. The molecule has 0 radical (unpaired) electrons. The summed E-state index contributed by atoms with van der Waals surface area (Å²) in [5.74, 6) is -2.19. The molecule has 6 nitrogen and oxygen atoms in total. The van der Waals surface area contributed by atoms with Gasteiger partial charge in [-0.05, 0) is 25.5 Å². The zero-order chi connectivity index (χ0) is 14.4. The summed E-state index contributed by atoms with van der Waals surface area (Å²) in [5.41, 5.74) is 0. The lowest BCUT2D eigenvalue weighted by Gasteiger charge is -2.25. The number of hydrogen-bond donors (Lipinski definition) is 0. The van der Waals surface area contributed by atoms with E-state index in [1.807, 2.05) is 0 Å². The first kappa shape index (κ1) is 15.8. The first-order chi connectivity index (χ1) is 9.04. The highest BCUT2D eigenvalue weighted by Crippen LogP contribution is 2.27. The molecule has 1 aliphatic rings. The maximum atomic E-state index is 11.7. The highest BCUT2D eigenvalue weighted by atomic mass is 32.2. The van der Waals surface area contributed by atoms with Crippen molar-refractivity contribution in [3.63, 3.8) is 0 Å². The number of amides is 1. The van der Waals surface area contributed by atoms with Crippen LogP contribution in [0.4, 0.5) is 4.79 Å². The number of nitrogens with zero attached hydrogens (tertiary/aromatic N) is 1. The molecule has 0 bridgehead atoms. The lowest BCUT2D eigenvalue weighted by molar-refractivity contribution is -0.159. The van der Waals surface area contributed by atoms with Crippen molar-refractivity contribution < 1.29 is 23.9 Å². The fraction of sp³-hybridized carbons (Fsp3) is 0.750. The first-order valence-electron chi connectivity index (χ1n) is 6.05. The lowest BCUT2D eigenvalue weighted by atomic mass is 9.98. The minimum absolute atomic E-state index is 0.0315. The Morgan fingerprint density at radius 1 is 1.26 bits per heavy atom. The normalized spacial score (nSPS) is 18.5. The molecule has 0 aromatic heterocycles. The third-order valence-electron chi connectivity index (χ3n) is 3.27. The summed E-state index contributed by atoms with van der Waals surface area (Å²) < 4.78 is 9.24. The van der Waals surface area contributed by atoms with Gasteiger partial charge >= 0.3 is 11.9 Å². The second kappa shape index (κ2) is 7.37. The molecule has 1 atom stereocenters. The van der Waals surface area contributed by atoms with Crippen LogP contribution in [-0.4, -0.2) is 55.1 Å². The summed E-state index contributed by atoms with van der Waals surface area (Å²) in [7, 11) is 2.47. The van der Waals surface area contributed by atoms with Gasteiger partial charge in [0.25, 0.3) is 5.24 Å². The van der Waals surface area contributed by atoms with Crippen LogP contribution in [0.15, 0.2) is 0 Å². The molecular weight excluding hydrogens is 270 g/mol. The Hall–Kier alpha value is -1.24. The monoisotopic (exact) mass is 289 g/mol. The summed E-state index contributed by atoms with van der Waals surface area (Å²) in [4.78, 5) is 36.7.